The second kappa shape index (κ2) is 6.13. The Labute approximate surface area is 120 Å². The first-order chi connectivity index (χ1) is 9.90. The first-order valence-corrected chi connectivity index (χ1v) is 6.33. The number of alkyl halides is 3. The molecule has 0 saturated carbocycles. The van der Waals surface area contributed by atoms with Crippen molar-refractivity contribution in [3.63, 3.8) is 0 Å². The minimum absolute atomic E-state index is 0.0275. The van der Waals surface area contributed by atoms with Gasteiger partial charge in [-0.15, -0.1) is 0 Å². The number of nitrogens with zero attached hydrogens (tertiary/aromatic N) is 1. The lowest BCUT2D eigenvalue weighted by molar-refractivity contribution is -0.139. The molecule has 2 N–H and O–H groups in total. The van der Waals surface area contributed by atoms with Crippen molar-refractivity contribution in [2.45, 2.75) is 26.3 Å². The number of hydrogen-bond acceptors (Lipinski definition) is 3. The van der Waals surface area contributed by atoms with Crippen molar-refractivity contribution in [2.24, 2.45) is 5.73 Å². The molecular formula is C15H15F3N2O. The van der Waals surface area contributed by atoms with Gasteiger partial charge in [-0.25, -0.2) is 0 Å². The molecule has 112 valence electrons. The molecule has 0 aliphatic heterocycles. The Balaban J connectivity index is 2.23. The van der Waals surface area contributed by atoms with Crippen LogP contribution in [0.3, 0.4) is 0 Å². The number of benzene rings is 1. The molecule has 2 aromatic rings. The summed E-state index contributed by atoms with van der Waals surface area (Å²) in [6.07, 6.45) is -1.25. The Bertz CT molecular complexity index is 627. The summed E-state index contributed by atoms with van der Waals surface area (Å²) in [6, 6.07) is 5.66. The molecule has 6 heteroatoms. The van der Waals surface area contributed by atoms with Crippen LogP contribution in [0.1, 0.15) is 22.3 Å². The summed E-state index contributed by atoms with van der Waals surface area (Å²) in [5.41, 5.74) is 6.61. The van der Waals surface area contributed by atoms with Gasteiger partial charge < -0.3 is 10.5 Å². The highest BCUT2D eigenvalue weighted by Crippen LogP contribution is 2.37. The number of rotatable bonds is 4. The third-order valence-corrected chi connectivity index (χ3v) is 2.91. The molecule has 1 aromatic heterocycles. The monoisotopic (exact) mass is 296 g/mol. The Morgan fingerprint density at radius 3 is 2.52 bits per heavy atom. The van der Waals surface area contributed by atoms with Crippen molar-refractivity contribution in [3.05, 3.63) is 58.9 Å². The highest BCUT2D eigenvalue weighted by Gasteiger charge is 2.34. The molecule has 21 heavy (non-hydrogen) atoms. The largest absolute Gasteiger partial charge is 0.488 e. The van der Waals surface area contributed by atoms with Crippen LogP contribution in [0.25, 0.3) is 0 Å². The molecule has 0 aliphatic carbocycles. The fraction of sp³-hybridized carbons (Fsp3) is 0.267. The number of aryl methyl sites for hydroxylation is 1. The molecule has 1 aromatic carbocycles. The summed E-state index contributed by atoms with van der Waals surface area (Å²) in [7, 11) is 0. The quantitative estimate of drug-likeness (QED) is 0.940. The van der Waals surface area contributed by atoms with Crippen molar-refractivity contribution in [1.82, 2.24) is 4.98 Å². The van der Waals surface area contributed by atoms with E-state index in [1.807, 2.05) is 13.0 Å². The summed E-state index contributed by atoms with van der Waals surface area (Å²) in [5.74, 6) is -0.207. The minimum Gasteiger partial charge on any atom is -0.488 e. The fourth-order valence-electron chi connectivity index (χ4n) is 1.91. The second-order valence-corrected chi connectivity index (χ2v) is 4.69. The Kier molecular flexibility index (Phi) is 4.47. The minimum atomic E-state index is -4.48. The topological polar surface area (TPSA) is 48.1 Å². The van der Waals surface area contributed by atoms with Crippen LogP contribution in [0.4, 0.5) is 13.2 Å². The van der Waals surface area contributed by atoms with Gasteiger partial charge in [-0.05, 0) is 36.2 Å². The van der Waals surface area contributed by atoms with E-state index in [4.69, 9.17) is 10.5 Å². The summed E-state index contributed by atoms with van der Waals surface area (Å²) < 4.78 is 44.4. The van der Waals surface area contributed by atoms with Crippen LogP contribution in [-0.2, 0) is 19.3 Å². The van der Waals surface area contributed by atoms with Gasteiger partial charge in [0.1, 0.15) is 12.4 Å². The molecule has 0 atom stereocenters. The van der Waals surface area contributed by atoms with E-state index in [-0.39, 0.29) is 18.9 Å². The Morgan fingerprint density at radius 2 is 1.90 bits per heavy atom. The van der Waals surface area contributed by atoms with Gasteiger partial charge in [0.15, 0.2) is 0 Å². The number of nitrogens with two attached hydrogens (primary N) is 1. The fourth-order valence-corrected chi connectivity index (χ4v) is 1.91. The van der Waals surface area contributed by atoms with Gasteiger partial charge in [0, 0.05) is 24.5 Å². The molecule has 0 unspecified atom stereocenters. The average molecular weight is 296 g/mol. The molecule has 0 aliphatic rings. The molecule has 0 bridgehead atoms. The molecular weight excluding hydrogens is 281 g/mol. The van der Waals surface area contributed by atoms with Crippen molar-refractivity contribution in [3.8, 4) is 5.75 Å². The first kappa shape index (κ1) is 15.3. The summed E-state index contributed by atoms with van der Waals surface area (Å²) in [5, 5.41) is 0. The van der Waals surface area contributed by atoms with Crippen LogP contribution in [-0.4, -0.2) is 4.98 Å². The maximum atomic E-state index is 13.0. The maximum absolute atomic E-state index is 13.0. The molecule has 0 spiro atoms. The normalized spacial score (nSPS) is 11.5. The van der Waals surface area contributed by atoms with Crippen LogP contribution in [0.5, 0.6) is 5.75 Å². The van der Waals surface area contributed by atoms with Crippen molar-refractivity contribution in [2.75, 3.05) is 0 Å². The lowest BCUT2D eigenvalue weighted by atomic mass is 10.1. The van der Waals surface area contributed by atoms with E-state index in [9.17, 15) is 13.2 Å². The lowest BCUT2D eigenvalue weighted by Gasteiger charge is -2.15. The van der Waals surface area contributed by atoms with Gasteiger partial charge >= 0.3 is 6.18 Å². The molecule has 0 fully saturated rings. The van der Waals surface area contributed by atoms with Crippen molar-refractivity contribution in [1.29, 1.82) is 0 Å². The number of halogens is 3. The zero-order valence-corrected chi connectivity index (χ0v) is 11.4. The van der Waals surface area contributed by atoms with Crippen molar-refractivity contribution >= 4 is 0 Å². The second-order valence-electron chi connectivity index (χ2n) is 4.69. The van der Waals surface area contributed by atoms with Crippen LogP contribution in [0, 0.1) is 6.92 Å². The molecule has 0 saturated heterocycles. The van der Waals surface area contributed by atoms with Gasteiger partial charge in [-0.3, -0.25) is 4.98 Å². The first-order valence-electron chi connectivity index (χ1n) is 6.33. The van der Waals surface area contributed by atoms with Gasteiger partial charge in [-0.1, -0.05) is 6.07 Å². The summed E-state index contributed by atoms with van der Waals surface area (Å²) in [6.45, 7) is 1.93. The predicted molar refractivity (Wildman–Crippen MR) is 72.6 cm³/mol. The molecule has 0 radical (unpaired) electrons. The number of pyridine rings is 1. The molecule has 2 rings (SSSR count). The number of ether oxygens (including phenoxy) is 1. The van der Waals surface area contributed by atoms with E-state index >= 15 is 0 Å². The number of hydrogen-bond donors (Lipinski definition) is 1. The van der Waals surface area contributed by atoms with E-state index in [1.54, 1.807) is 12.4 Å². The highest BCUT2D eigenvalue weighted by molar-refractivity contribution is 5.39. The molecule has 0 amide bonds. The highest BCUT2D eigenvalue weighted by atomic mass is 19.4. The van der Waals surface area contributed by atoms with Gasteiger partial charge in [-0.2, -0.15) is 13.2 Å². The maximum Gasteiger partial charge on any atom is 0.419 e. The SMILES string of the molecule is Cc1cncc(COc2ccc(CN)cc2C(F)(F)F)c1. The standard InChI is InChI=1S/C15H15F3N2O/c1-10-4-12(8-20-7-10)9-21-14-3-2-11(6-19)5-13(14)15(16,17)18/h2-5,7-8H,6,9,19H2,1H3. The van der Waals surface area contributed by atoms with Crippen molar-refractivity contribution < 1.29 is 17.9 Å². The lowest BCUT2D eigenvalue weighted by Crippen LogP contribution is -2.10. The third-order valence-electron chi connectivity index (χ3n) is 2.91. The molecule has 1 heterocycles. The average Bonchev–Trinajstić information content (AvgIpc) is 2.44. The van der Waals surface area contributed by atoms with E-state index < -0.39 is 11.7 Å². The zero-order valence-electron chi connectivity index (χ0n) is 11.4. The Hall–Kier alpha value is -2.08. The van der Waals surface area contributed by atoms with E-state index in [0.29, 0.717) is 11.1 Å². The number of aromatic nitrogens is 1. The summed E-state index contributed by atoms with van der Waals surface area (Å²) in [4.78, 5) is 3.98. The van der Waals surface area contributed by atoms with Gasteiger partial charge in [0.05, 0.1) is 5.56 Å². The third kappa shape index (κ3) is 3.95. The van der Waals surface area contributed by atoms with Crippen LogP contribution < -0.4 is 10.5 Å². The zero-order chi connectivity index (χ0) is 15.5. The molecule has 3 nitrogen and oxygen atoms in total. The van der Waals surface area contributed by atoms with E-state index in [0.717, 1.165) is 11.6 Å². The van der Waals surface area contributed by atoms with Crippen LogP contribution in [0.15, 0.2) is 36.7 Å². The van der Waals surface area contributed by atoms with E-state index in [2.05, 4.69) is 4.98 Å². The Morgan fingerprint density at radius 1 is 1.14 bits per heavy atom. The van der Waals surface area contributed by atoms with E-state index in [1.165, 1.54) is 12.1 Å². The summed E-state index contributed by atoms with van der Waals surface area (Å²) >= 11 is 0. The van der Waals surface area contributed by atoms with Gasteiger partial charge in [0.25, 0.3) is 0 Å². The van der Waals surface area contributed by atoms with Crippen LogP contribution in [0.2, 0.25) is 0 Å². The van der Waals surface area contributed by atoms with Gasteiger partial charge in [0.2, 0.25) is 0 Å². The predicted octanol–water partition coefficient (Wildman–Crippen LogP) is 3.45. The van der Waals surface area contributed by atoms with Crippen LogP contribution >= 0.6 is 0 Å². The smallest absolute Gasteiger partial charge is 0.419 e.